The van der Waals surface area contributed by atoms with Gasteiger partial charge in [-0.2, -0.15) is 0 Å². The van der Waals surface area contributed by atoms with Crippen LogP contribution in [0.2, 0.25) is 0 Å². The number of amides is 1. The van der Waals surface area contributed by atoms with Gasteiger partial charge in [-0.25, -0.2) is 4.98 Å². The summed E-state index contributed by atoms with van der Waals surface area (Å²) < 4.78 is 40.5. The van der Waals surface area contributed by atoms with Crippen LogP contribution in [0.3, 0.4) is 0 Å². The summed E-state index contributed by atoms with van der Waals surface area (Å²) in [5, 5.41) is 0. The SMILES string of the molecule is Cc1cccc(C(=O)N2CCN(Cc3ccc(OC(F)(F)F)cc3)CC2)n1. The predicted octanol–water partition coefficient (Wildman–Crippen LogP) is 3.25. The molecule has 1 fully saturated rings. The molecule has 1 saturated heterocycles. The van der Waals surface area contributed by atoms with Crippen LogP contribution < -0.4 is 4.74 Å². The highest BCUT2D eigenvalue weighted by Gasteiger charge is 2.31. The van der Waals surface area contributed by atoms with Gasteiger partial charge in [-0.1, -0.05) is 18.2 Å². The average molecular weight is 379 g/mol. The van der Waals surface area contributed by atoms with Gasteiger partial charge in [-0.15, -0.1) is 13.2 Å². The molecule has 0 radical (unpaired) electrons. The van der Waals surface area contributed by atoms with E-state index in [0.29, 0.717) is 38.4 Å². The third-order valence-corrected chi connectivity index (χ3v) is 4.33. The number of aromatic nitrogens is 1. The minimum absolute atomic E-state index is 0.0768. The molecular formula is C19H20F3N3O2. The van der Waals surface area contributed by atoms with Crippen molar-refractivity contribution < 1.29 is 22.7 Å². The molecule has 1 aliphatic heterocycles. The number of piperazine rings is 1. The van der Waals surface area contributed by atoms with Crippen LogP contribution in [0.4, 0.5) is 13.2 Å². The fourth-order valence-electron chi connectivity index (χ4n) is 2.99. The molecule has 0 bridgehead atoms. The first-order chi connectivity index (χ1) is 12.8. The Labute approximate surface area is 155 Å². The number of hydrogen-bond acceptors (Lipinski definition) is 4. The second-order valence-electron chi connectivity index (χ2n) is 6.42. The van der Waals surface area contributed by atoms with Gasteiger partial charge in [-0.3, -0.25) is 9.69 Å². The van der Waals surface area contributed by atoms with Gasteiger partial charge in [0.25, 0.3) is 5.91 Å². The Hall–Kier alpha value is -2.61. The standard InChI is InChI=1S/C19H20F3N3O2/c1-14-3-2-4-17(23-14)18(26)25-11-9-24(10-12-25)13-15-5-7-16(8-6-15)27-19(20,21)22/h2-8H,9-13H2,1H3. The van der Waals surface area contributed by atoms with Gasteiger partial charge in [0, 0.05) is 38.4 Å². The monoisotopic (exact) mass is 379 g/mol. The first-order valence-electron chi connectivity index (χ1n) is 8.60. The molecule has 27 heavy (non-hydrogen) atoms. The van der Waals surface area contributed by atoms with Crippen LogP contribution in [-0.4, -0.2) is 53.2 Å². The van der Waals surface area contributed by atoms with Gasteiger partial charge in [0.2, 0.25) is 0 Å². The maximum absolute atomic E-state index is 12.5. The minimum atomic E-state index is -4.68. The van der Waals surface area contributed by atoms with E-state index >= 15 is 0 Å². The van der Waals surface area contributed by atoms with E-state index in [2.05, 4.69) is 14.6 Å². The molecule has 1 aromatic carbocycles. The van der Waals surface area contributed by atoms with Crippen LogP contribution in [0.25, 0.3) is 0 Å². The number of benzene rings is 1. The van der Waals surface area contributed by atoms with Crippen LogP contribution in [0.1, 0.15) is 21.7 Å². The highest BCUT2D eigenvalue weighted by Crippen LogP contribution is 2.23. The van der Waals surface area contributed by atoms with Crippen LogP contribution >= 0.6 is 0 Å². The minimum Gasteiger partial charge on any atom is -0.406 e. The zero-order valence-electron chi connectivity index (χ0n) is 14.9. The fourth-order valence-corrected chi connectivity index (χ4v) is 2.99. The van der Waals surface area contributed by atoms with E-state index in [0.717, 1.165) is 11.3 Å². The lowest BCUT2D eigenvalue weighted by molar-refractivity contribution is -0.274. The second-order valence-corrected chi connectivity index (χ2v) is 6.42. The molecule has 0 N–H and O–H groups in total. The van der Waals surface area contributed by atoms with E-state index in [4.69, 9.17) is 0 Å². The van der Waals surface area contributed by atoms with Gasteiger partial charge < -0.3 is 9.64 Å². The number of hydrogen-bond donors (Lipinski definition) is 0. The Kier molecular flexibility index (Phi) is 5.65. The number of halogens is 3. The summed E-state index contributed by atoms with van der Waals surface area (Å²) >= 11 is 0. The molecular weight excluding hydrogens is 359 g/mol. The summed E-state index contributed by atoms with van der Waals surface area (Å²) in [7, 11) is 0. The van der Waals surface area contributed by atoms with Crippen molar-refractivity contribution in [3.8, 4) is 5.75 Å². The third kappa shape index (κ3) is 5.43. The van der Waals surface area contributed by atoms with Crippen molar-refractivity contribution in [1.82, 2.24) is 14.8 Å². The first-order valence-corrected chi connectivity index (χ1v) is 8.60. The lowest BCUT2D eigenvalue weighted by Gasteiger charge is -2.34. The van der Waals surface area contributed by atoms with Crippen LogP contribution in [0, 0.1) is 6.92 Å². The highest BCUT2D eigenvalue weighted by atomic mass is 19.4. The highest BCUT2D eigenvalue weighted by molar-refractivity contribution is 5.92. The smallest absolute Gasteiger partial charge is 0.406 e. The van der Waals surface area contributed by atoms with E-state index in [9.17, 15) is 18.0 Å². The molecule has 0 saturated carbocycles. The van der Waals surface area contributed by atoms with Crippen molar-refractivity contribution in [1.29, 1.82) is 0 Å². The molecule has 1 amide bonds. The van der Waals surface area contributed by atoms with Crippen LogP contribution in [-0.2, 0) is 6.54 Å². The van der Waals surface area contributed by atoms with E-state index < -0.39 is 6.36 Å². The van der Waals surface area contributed by atoms with Gasteiger partial charge in [-0.05, 0) is 36.8 Å². The van der Waals surface area contributed by atoms with Crippen molar-refractivity contribution in [3.05, 3.63) is 59.4 Å². The topological polar surface area (TPSA) is 45.7 Å². The number of carbonyl (C=O) groups is 1. The second kappa shape index (κ2) is 7.96. The molecule has 8 heteroatoms. The van der Waals surface area contributed by atoms with E-state index in [-0.39, 0.29) is 11.7 Å². The summed E-state index contributed by atoms with van der Waals surface area (Å²) in [5.41, 5.74) is 2.14. The summed E-state index contributed by atoms with van der Waals surface area (Å²) in [6, 6.07) is 11.2. The summed E-state index contributed by atoms with van der Waals surface area (Å²) in [6.07, 6.45) is -4.68. The van der Waals surface area contributed by atoms with Crippen molar-refractivity contribution in [2.45, 2.75) is 19.8 Å². The van der Waals surface area contributed by atoms with Crippen molar-refractivity contribution >= 4 is 5.91 Å². The zero-order chi connectivity index (χ0) is 19.4. The summed E-state index contributed by atoms with van der Waals surface area (Å²) in [6.45, 7) is 5.01. The van der Waals surface area contributed by atoms with Crippen molar-refractivity contribution in [2.24, 2.45) is 0 Å². The maximum Gasteiger partial charge on any atom is 0.573 e. The van der Waals surface area contributed by atoms with Gasteiger partial charge in [0.05, 0.1) is 0 Å². The van der Waals surface area contributed by atoms with Gasteiger partial charge >= 0.3 is 6.36 Å². The average Bonchev–Trinajstić information content (AvgIpc) is 2.62. The normalized spacial score (nSPS) is 15.6. The molecule has 1 aromatic heterocycles. The molecule has 1 aliphatic rings. The molecule has 2 heterocycles. The predicted molar refractivity (Wildman–Crippen MR) is 93.3 cm³/mol. The Balaban J connectivity index is 1.51. The lowest BCUT2D eigenvalue weighted by Crippen LogP contribution is -2.48. The van der Waals surface area contributed by atoms with E-state index in [1.165, 1.54) is 12.1 Å². The number of rotatable bonds is 4. The van der Waals surface area contributed by atoms with Crippen molar-refractivity contribution in [2.75, 3.05) is 26.2 Å². The van der Waals surface area contributed by atoms with E-state index in [1.54, 1.807) is 23.1 Å². The Bertz CT molecular complexity index is 786. The van der Waals surface area contributed by atoms with Crippen LogP contribution in [0.5, 0.6) is 5.75 Å². The molecule has 0 spiro atoms. The van der Waals surface area contributed by atoms with Gasteiger partial charge in [0.15, 0.2) is 0 Å². The largest absolute Gasteiger partial charge is 0.573 e. The Morgan fingerprint density at radius 3 is 2.33 bits per heavy atom. The molecule has 144 valence electrons. The molecule has 5 nitrogen and oxygen atoms in total. The summed E-state index contributed by atoms with van der Waals surface area (Å²) in [4.78, 5) is 20.7. The maximum atomic E-state index is 12.5. The number of nitrogens with zero attached hydrogens (tertiary/aromatic N) is 3. The fraction of sp³-hybridized carbons (Fsp3) is 0.368. The Morgan fingerprint density at radius 1 is 1.07 bits per heavy atom. The number of ether oxygens (including phenoxy) is 1. The molecule has 0 atom stereocenters. The molecule has 2 aromatic rings. The molecule has 3 rings (SSSR count). The third-order valence-electron chi connectivity index (χ3n) is 4.33. The lowest BCUT2D eigenvalue weighted by atomic mass is 10.2. The van der Waals surface area contributed by atoms with Gasteiger partial charge in [0.1, 0.15) is 11.4 Å². The first kappa shape index (κ1) is 19.2. The number of carbonyl (C=O) groups excluding carboxylic acids is 1. The number of pyridine rings is 1. The number of aryl methyl sites for hydroxylation is 1. The summed E-state index contributed by atoms with van der Waals surface area (Å²) in [5.74, 6) is -0.306. The molecule has 0 unspecified atom stereocenters. The van der Waals surface area contributed by atoms with Crippen LogP contribution in [0.15, 0.2) is 42.5 Å². The zero-order valence-corrected chi connectivity index (χ0v) is 14.9. The van der Waals surface area contributed by atoms with E-state index in [1.807, 2.05) is 19.1 Å². The Morgan fingerprint density at radius 2 is 1.74 bits per heavy atom. The van der Waals surface area contributed by atoms with Crippen molar-refractivity contribution in [3.63, 3.8) is 0 Å². The quantitative estimate of drug-likeness (QED) is 0.818. The number of alkyl halides is 3. The molecule has 0 aliphatic carbocycles.